The van der Waals surface area contributed by atoms with Crippen LogP contribution in [0.1, 0.15) is 24.5 Å². The molecule has 1 aliphatic heterocycles. The zero-order chi connectivity index (χ0) is 20.9. The van der Waals surface area contributed by atoms with Gasteiger partial charge in [-0.2, -0.15) is 10.4 Å². The van der Waals surface area contributed by atoms with Crippen molar-refractivity contribution in [3.8, 4) is 17.6 Å². The number of hydrogen-bond donors (Lipinski definition) is 1. The third-order valence-corrected chi connectivity index (χ3v) is 4.67. The predicted molar refractivity (Wildman–Crippen MR) is 105 cm³/mol. The van der Waals surface area contributed by atoms with Gasteiger partial charge in [0.1, 0.15) is 11.6 Å². The topological polar surface area (TPSA) is 104 Å². The van der Waals surface area contributed by atoms with Gasteiger partial charge in [0.05, 0.1) is 13.3 Å². The molecule has 1 N–H and O–H groups in total. The van der Waals surface area contributed by atoms with Crippen molar-refractivity contribution in [3.63, 3.8) is 0 Å². The minimum Gasteiger partial charge on any atom is -0.493 e. The first-order valence-electron chi connectivity index (χ1n) is 8.99. The highest BCUT2D eigenvalue weighted by atomic mass is 16.5. The number of nitrogens with zero attached hydrogens (tertiary/aromatic N) is 3. The molecule has 1 atom stereocenters. The molecular weight excluding hydrogens is 372 g/mol. The van der Waals surface area contributed by atoms with Crippen molar-refractivity contribution in [1.29, 1.82) is 5.26 Å². The molecule has 1 fully saturated rings. The molecule has 29 heavy (non-hydrogen) atoms. The van der Waals surface area contributed by atoms with Gasteiger partial charge in [0.2, 0.25) is 0 Å². The molecule has 0 radical (unpaired) electrons. The molecule has 1 heterocycles. The Bertz CT molecular complexity index is 984. The van der Waals surface area contributed by atoms with E-state index in [0.717, 1.165) is 5.01 Å². The fraction of sp³-hybridized carbons (Fsp3) is 0.238. The van der Waals surface area contributed by atoms with Crippen LogP contribution in [-0.4, -0.2) is 36.9 Å². The van der Waals surface area contributed by atoms with E-state index in [1.54, 1.807) is 30.3 Å². The second kappa shape index (κ2) is 8.44. The molecule has 8 nitrogen and oxygen atoms in total. The fourth-order valence-electron chi connectivity index (χ4n) is 3.15. The van der Waals surface area contributed by atoms with Gasteiger partial charge in [0.15, 0.2) is 18.1 Å². The summed E-state index contributed by atoms with van der Waals surface area (Å²) in [6, 6.07) is 15.3. The van der Waals surface area contributed by atoms with Crippen molar-refractivity contribution in [1.82, 2.24) is 10.3 Å². The summed E-state index contributed by atoms with van der Waals surface area (Å²) in [5, 5.41) is 16.3. The molecule has 0 aliphatic carbocycles. The smallest absolute Gasteiger partial charge is 0.346 e. The molecule has 2 aromatic rings. The van der Waals surface area contributed by atoms with Crippen molar-refractivity contribution in [3.05, 3.63) is 59.7 Å². The average Bonchev–Trinajstić information content (AvgIpc) is 3.01. The Hall–Kier alpha value is -3.86. The maximum absolute atomic E-state index is 13.0. The Balaban J connectivity index is 1.85. The maximum atomic E-state index is 13.0. The lowest BCUT2D eigenvalue weighted by Gasteiger charge is -2.24. The van der Waals surface area contributed by atoms with E-state index in [9.17, 15) is 9.59 Å². The maximum Gasteiger partial charge on any atom is 0.346 e. The molecule has 0 unspecified atom stereocenters. The van der Waals surface area contributed by atoms with E-state index in [2.05, 4.69) is 10.4 Å². The Morgan fingerprint density at radius 2 is 1.97 bits per heavy atom. The first-order valence-corrected chi connectivity index (χ1v) is 8.99. The number of benzene rings is 2. The van der Waals surface area contributed by atoms with Gasteiger partial charge in [-0.3, -0.25) is 4.79 Å². The van der Waals surface area contributed by atoms with Crippen LogP contribution in [0.2, 0.25) is 0 Å². The van der Waals surface area contributed by atoms with Gasteiger partial charge in [-0.05, 0) is 35.7 Å². The Morgan fingerprint density at radius 1 is 1.21 bits per heavy atom. The first kappa shape index (κ1) is 19.9. The number of amides is 3. The number of ether oxygens (including phenoxy) is 2. The van der Waals surface area contributed by atoms with Crippen LogP contribution in [0.3, 0.4) is 0 Å². The lowest BCUT2D eigenvalue weighted by atomic mass is 9.87. The fourth-order valence-corrected chi connectivity index (χ4v) is 3.15. The minimum atomic E-state index is -1.14. The molecule has 1 aliphatic rings. The molecule has 0 bridgehead atoms. The number of nitriles is 1. The first-order chi connectivity index (χ1) is 14.1. The van der Waals surface area contributed by atoms with E-state index in [-0.39, 0.29) is 6.61 Å². The molecule has 0 aromatic heterocycles. The SMILES string of the molecule is CC[C@@]1(c2ccccc2)NC(=O)N(/N=C\c2ccc(OCC#N)c(OC)c2)C1=O. The van der Waals surface area contributed by atoms with E-state index in [1.807, 2.05) is 31.2 Å². The van der Waals surface area contributed by atoms with Crippen molar-refractivity contribution in [2.45, 2.75) is 18.9 Å². The van der Waals surface area contributed by atoms with Crippen LogP contribution < -0.4 is 14.8 Å². The quantitative estimate of drug-likeness (QED) is 0.576. The average molecular weight is 392 g/mol. The Kier molecular flexibility index (Phi) is 5.79. The van der Waals surface area contributed by atoms with Gasteiger partial charge in [-0.1, -0.05) is 37.3 Å². The molecule has 148 valence electrons. The van der Waals surface area contributed by atoms with Crippen molar-refractivity contribution < 1.29 is 19.1 Å². The summed E-state index contributed by atoms with van der Waals surface area (Å²) in [4.78, 5) is 25.5. The van der Waals surface area contributed by atoms with Crippen molar-refractivity contribution >= 4 is 18.2 Å². The van der Waals surface area contributed by atoms with Gasteiger partial charge >= 0.3 is 6.03 Å². The molecule has 3 rings (SSSR count). The summed E-state index contributed by atoms with van der Waals surface area (Å²) < 4.78 is 10.5. The summed E-state index contributed by atoms with van der Waals surface area (Å²) in [5.74, 6) is 0.386. The third-order valence-electron chi connectivity index (χ3n) is 4.67. The van der Waals surface area contributed by atoms with Crippen LogP contribution in [0.15, 0.2) is 53.6 Å². The van der Waals surface area contributed by atoms with E-state index in [1.165, 1.54) is 13.3 Å². The number of hydrazone groups is 1. The third kappa shape index (κ3) is 3.75. The second-order valence-corrected chi connectivity index (χ2v) is 6.27. The molecule has 0 saturated carbocycles. The van der Waals surface area contributed by atoms with Gasteiger partial charge < -0.3 is 14.8 Å². The summed E-state index contributed by atoms with van der Waals surface area (Å²) in [6.07, 6.45) is 1.79. The van der Waals surface area contributed by atoms with Gasteiger partial charge in [-0.15, -0.1) is 5.01 Å². The number of nitrogens with one attached hydrogen (secondary N) is 1. The number of hydrogen-bond acceptors (Lipinski definition) is 6. The van der Waals surface area contributed by atoms with Crippen LogP contribution in [-0.2, 0) is 10.3 Å². The van der Waals surface area contributed by atoms with Gasteiger partial charge in [0.25, 0.3) is 5.91 Å². The summed E-state index contributed by atoms with van der Waals surface area (Å²) in [5.41, 5.74) is 0.169. The summed E-state index contributed by atoms with van der Waals surface area (Å²) >= 11 is 0. The van der Waals surface area contributed by atoms with Gasteiger partial charge in [0, 0.05) is 0 Å². The molecule has 8 heteroatoms. The van der Waals surface area contributed by atoms with E-state index >= 15 is 0 Å². The van der Waals surface area contributed by atoms with Crippen LogP contribution >= 0.6 is 0 Å². The number of carbonyl (C=O) groups is 2. The summed E-state index contributed by atoms with van der Waals surface area (Å²) in [7, 11) is 1.47. The molecule has 2 aromatic carbocycles. The highest BCUT2D eigenvalue weighted by Gasteiger charge is 2.51. The largest absolute Gasteiger partial charge is 0.493 e. The zero-order valence-corrected chi connectivity index (χ0v) is 16.1. The predicted octanol–water partition coefficient (Wildman–Crippen LogP) is 2.79. The number of carbonyl (C=O) groups excluding carboxylic acids is 2. The van der Waals surface area contributed by atoms with Crippen LogP contribution in [0.4, 0.5) is 4.79 Å². The number of rotatable bonds is 7. The van der Waals surface area contributed by atoms with Crippen LogP contribution in [0.5, 0.6) is 11.5 Å². The van der Waals surface area contributed by atoms with Gasteiger partial charge in [-0.25, -0.2) is 4.79 Å². The monoisotopic (exact) mass is 392 g/mol. The zero-order valence-electron chi connectivity index (χ0n) is 16.1. The van der Waals surface area contributed by atoms with Crippen LogP contribution in [0, 0.1) is 11.3 Å². The van der Waals surface area contributed by atoms with Crippen molar-refractivity contribution in [2.75, 3.05) is 13.7 Å². The molecular formula is C21H20N4O4. The number of methoxy groups -OCH3 is 1. The lowest BCUT2D eigenvalue weighted by Crippen LogP contribution is -2.43. The standard InChI is InChI=1S/C21H20N4O4/c1-3-21(16-7-5-4-6-8-16)19(26)25(20(27)24-21)23-14-15-9-10-17(29-12-11-22)18(13-15)28-2/h4-10,13-14H,3,12H2,1-2H3,(H,24,27)/b23-14-/t21-/m0/s1. The lowest BCUT2D eigenvalue weighted by molar-refractivity contribution is -0.131. The minimum absolute atomic E-state index is 0.106. The summed E-state index contributed by atoms with van der Waals surface area (Å²) in [6.45, 7) is 1.73. The number of imide groups is 1. The van der Waals surface area contributed by atoms with E-state index in [0.29, 0.717) is 29.0 Å². The second-order valence-electron chi connectivity index (χ2n) is 6.27. The molecule has 3 amide bonds. The van der Waals surface area contributed by atoms with E-state index in [4.69, 9.17) is 14.7 Å². The Morgan fingerprint density at radius 3 is 2.62 bits per heavy atom. The normalized spacial score (nSPS) is 18.6. The van der Waals surface area contributed by atoms with Crippen LogP contribution in [0.25, 0.3) is 0 Å². The highest BCUT2D eigenvalue weighted by molar-refractivity contribution is 6.07. The van der Waals surface area contributed by atoms with E-state index < -0.39 is 17.5 Å². The van der Waals surface area contributed by atoms with Crippen molar-refractivity contribution in [2.24, 2.45) is 5.10 Å². The highest BCUT2D eigenvalue weighted by Crippen LogP contribution is 2.32. The molecule has 1 saturated heterocycles. The Labute approximate surface area is 168 Å². The molecule has 0 spiro atoms. The number of urea groups is 1.